The molecule has 0 saturated heterocycles. The minimum Gasteiger partial charge on any atom is -0.489 e. The summed E-state index contributed by atoms with van der Waals surface area (Å²) in [6, 6.07) is 10.1. The van der Waals surface area contributed by atoms with Crippen LogP contribution in [0.3, 0.4) is 0 Å². The lowest BCUT2D eigenvalue weighted by Gasteiger charge is -2.12. The minimum absolute atomic E-state index is 0.0103. The SMILES string of the molecule is O=C(OCc1cc(Cl)c2c(c1)OCCCO2)c1cccnc1Oc1cccnc1. The predicted octanol–water partition coefficient (Wildman–Crippen LogP) is 4.44. The lowest BCUT2D eigenvalue weighted by atomic mass is 10.2. The molecule has 29 heavy (non-hydrogen) atoms. The number of hydrogen-bond acceptors (Lipinski definition) is 7. The van der Waals surface area contributed by atoms with Crippen LogP contribution in [0.5, 0.6) is 23.1 Å². The second-order valence-corrected chi connectivity index (χ2v) is 6.59. The third-order valence-corrected chi connectivity index (χ3v) is 4.35. The molecule has 2 aromatic heterocycles. The number of benzene rings is 1. The molecule has 8 heteroatoms. The third-order valence-electron chi connectivity index (χ3n) is 4.07. The van der Waals surface area contributed by atoms with Crippen molar-refractivity contribution in [2.45, 2.75) is 13.0 Å². The molecule has 0 spiro atoms. The Morgan fingerprint density at radius 3 is 2.86 bits per heavy atom. The molecule has 1 aliphatic rings. The number of aromatic nitrogens is 2. The molecule has 4 rings (SSSR count). The molecule has 148 valence electrons. The average Bonchev–Trinajstić information content (AvgIpc) is 2.99. The topological polar surface area (TPSA) is 79.8 Å². The summed E-state index contributed by atoms with van der Waals surface area (Å²) >= 11 is 6.29. The first-order valence-electron chi connectivity index (χ1n) is 8.99. The summed E-state index contributed by atoms with van der Waals surface area (Å²) in [5, 5.41) is 0.414. The fourth-order valence-electron chi connectivity index (χ4n) is 2.74. The lowest BCUT2D eigenvalue weighted by molar-refractivity contribution is 0.0468. The number of carbonyl (C=O) groups excluding carboxylic acids is 1. The normalized spacial score (nSPS) is 12.7. The van der Waals surface area contributed by atoms with Crippen molar-refractivity contribution in [3.05, 3.63) is 71.1 Å². The Labute approximate surface area is 172 Å². The van der Waals surface area contributed by atoms with E-state index in [9.17, 15) is 4.79 Å². The molecule has 7 nitrogen and oxygen atoms in total. The first kappa shape index (κ1) is 19.0. The maximum atomic E-state index is 12.6. The molecule has 1 aromatic carbocycles. The van der Waals surface area contributed by atoms with Crippen molar-refractivity contribution in [1.29, 1.82) is 0 Å². The first-order chi connectivity index (χ1) is 14.2. The van der Waals surface area contributed by atoms with Gasteiger partial charge in [-0.2, -0.15) is 0 Å². The fourth-order valence-corrected chi connectivity index (χ4v) is 3.03. The van der Waals surface area contributed by atoms with Gasteiger partial charge in [0.15, 0.2) is 11.5 Å². The lowest BCUT2D eigenvalue weighted by Crippen LogP contribution is -2.08. The molecular weight excluding hydrogens is 396 g/mol. The van der Waals surface area contributed by atoms with E-state index in [1.54, 1.807) is 42.6 Å². The first-order valence-corrected chi connectivity index (χ1v) is 9.36. The molecule has 1 aliphatic heterocycles. The van der Waals surface area contributed by atoms with Crippen LogP contribution in [-0.2, 0) is 11.3 Å². The monoisotopic (exact) mass is 412 g/mol. The fraction of sp³-hybridized carbons (Fsp3) is 0.190. The van der Waals surface area contributed by atoms with Crippen molar-refractivity contribution in [2.75, 3.05) is 13.2 Å². The second-order valence-electron chi connectivity index (χ2n) is 6.18. The zero-order valence-electron chi connectivity index (χ0n) is 15.3. The van der Waals surface area contributed by atoms with Gasteiger partial charge in [0.05, 0.1) is 24.4 Å². The number of carbonyl (C=O) groups is 1. The summed E-state index contributed by atoms with van der Waals surface area (Å²) in [5.41, 5.74) is 0.892. The van der Waals surface area contributed by atoms with Gasteiger partial charge in [0.25, 0.3) is 0 Å². The molecule has 3 aromatic rings. The average molecular weight is 413 g/mol. The Morgan fingerprint density at radius 2 is 2.00 bits per heavy atom. The molecule has 3 heterocycles. The molecule has 0 fully saturated rings. The Balaban J connectivity index is 1.48. The van der Waals surface area contributed by atoms with Crippen LogP contribution in [0.15, 0.2) is 55.0 Å². The van der Waals surface area contributed by atoms with Gasteiger partial charge in [0, 0.05) is 18.8 Å². The van der Waals surface area contributed by atoms with Crippen molar-refractivity contribution in [2.24, 2.45) is 0 Å². The highest BCUT2D eigenvalue weighted by Gasteiger charge is 2.19. The van der Waals surface area contributed by atoms with Crippen LogP contribution < -0.4 is 14.2 Å². The summed E-state index contributed by atoms with van der Waals surface area (Å²) in [6.45, 7) is 1.09. The van der Waals surface area contributed by atoms with Crippen LogP contribution in [0.1, 0.15) is 22.3 Å². The van der Waals surface area contributed by atoms with Crippen LogP contribution >= 0.6 is 11.6 Å². The molecular formula is C21H17ClN2O5. The number of esters is 1. The Morgan fingerprint density at radius 1 is 1.14 bits per heavy atom. The number of halogens is 1. The smallest absolute Gasteiger partial charge is 0.344 e. The van der Waals surface area contributed by atoms with Crippen LogP contribution in [0, 0.1) is 0 Å². The Hall–Kier alpha value is -3.32. The van der Waals surface area contributed by atoms with Gasteiger partial charge in [-0.1, -0.05) is 11.6 Å². The summed E-state index contributed by atoms with van der Waals surface area (Å²) < 4.78 is 22.4. The summed E-state index contributed by atoms with van der Waals surface area (Å²) in [7, 11) is 0. The van der Waals surface area contributed by atoms with Gasteiger partial charge in [-0.25, -0.2) is 9.78 Å². The minimum atomic E-state index is -0.569. The largest absolute Gasteiger partial charge is 0.489 e. The van der Waals surface area contributed by atoms with Gasteiger partial charge in [0.2, 0.25) is 5.88 Å². The number of pyridine rings is 2. The van der Waals surface area contributed by atoms with E-state index >= 15 is 0 Å². The Kier molecular flexibility index (Phi) is 5.76. The molecule has 0 saturated carbocycles. The number of ether oxygens (including phenoxy) is 4. The molecule has 0 radical (unpaired) electrons. The van der Waals surface area contributed by atoms with Crippen molar-refractivity contribution >= 4 is 17.6 Å². The van der Waals surface area contributed by atoms with Crippen molar-refractivity contribution in [3.63, 3.8) is 0 Å². The molecule has 0 aliphatic carbocycles. The van der Waals surface area contributed by atoms with Gasteiger partial charge in [-0.3, -0.25) is 4.98 Å². The highest BCUT2D eigenvalue weighted by molar-refractivity contribution is 6.32. The second kappa shape index (κ2) is 8.79. The maximum Gasteiger partial charge on any atom is 0.344 e. The van der Waals surface area contributed by atoms with Crippen LogP contribution in [0.2, 0.25) is 5.02 Å². The summed E-state index contributed by atoms with van der Waals surface area (Å²) in [6.07, 6.45) is 5.46. The summed E-state index contributed by atoms with van der Waals surface area (Å²) in [4.78, 5) is 20.7. The molecule has 0 bridgehead atoms. The number of fused-ring (bicyclic) bond motifs is 1. The molecule has 0 amide bonds. The van der Waals surface area contributed by atoms with Crippen molar-refractivity contribution in [1.82, 2.24) is 9.97 Å². The number of hydrogen-bond donors (Lipinski definition) is 0. The molecule has 0 N–H and O–H groups in total. The van der Waals surface area contributed by atoms with Gasteiger partial charge < -0.3 is 18.9 Å². The van der Waals surface area contributed by atoms with E-state index in [0.717, 1.165) is 6.42 Å². The van der Waals surface area contributed by atoms with Crippen molar-refractivity contribution < 1.29 is 23.7 Å². The predicted molar refractivity (Wildman–Crippen MR) is 105 cm³/mol. The highest BCUT2D eigenvalue weighted by atomic mass is 35.5. The zero-order chi connectivity index (χ0) is 20.1. The van der Waals surface area contributed by atoms with E-state index in [4.69, 9.17) is 30.5 Å². The van der Waals surface area contributed by atoms with E-state index in [1.807, 2.05) is 0 Å². The molecule has 0 atom stereocenters. The highest BCUT2D eigenvalue weighted by Crippen LogP contribution is 2.38. The van der Waals surface area contributed by atoms with E-state index in [0.29, 0.717) is 41.0 Å². The van der Waals surface area contributed by atoms with Gasteiger partial charge in [-0.05, 0) is 42.0 Å². The quantitative estimate of drug-likeness (QED) is 0.573. The van der Waals surface area contributed by atoms with Crippen molar-refractivity contribution in [3.8, 4) is 23.1 Å². The summed E-state index contributed by atoms with van der Waals surface area (Å²) in [5.74, 6) is 1.10. The van der Waals surface area contributed by atoms with E-state index < -0.39 is 5.97 Å². The van der Waals surface area contributed by atoms with E-state index in [1.165, 1.54) is 12.4 Å². The standard InChI is InChI=1S/C21H17ClN2O5/c22-17-10-14(11-18-19(17)27-9-3-8-26-18)13-28-21(25)16-5-2-7-24-20(16)29-15-4-1-6-23-12-15/h1-2,4-7,10-12H,3,8-9,13H2. The van der Waals surface area contributed by atoms with Crippen LogP contribution in [-0.4, -0.2) is 29.2 Å². The van der Waals surface area contributed by atoms with Gasteiger partial charge in [-0.15, -0.1) is 0 Å². The van der Waals surface area contributed by atoms with Gasteiger partial charge in [0.1, 0.15) is 17.9 Å². The van der Waals surface area contributed by atoms with Crippen LogP contribution in [0.4, 0.5) is 0 Å². The zero-order valence-corrected chi connectivity index (χ0v) is 16.1. The number of nitrogens with zero attached hydrogens (tertiary/aromatic N) is 2. The van der Waals surface area contributed by atoms with Gasteiger partial charge >= 0.3 is 5.97 Å². The Bertz CT molecular complexity index is 1010. The van der Waals surface area contributed by atoms with Crippen LogP contribution in [0.25, 0.3) is 0 Å². The van der Waals surface area contributed by atoms with E-state index in [-0.39, 0.29) is 18.1 Å². The molecule has 0 unspecified atom stereocenters. The number of rotatable bonds is 5. The maximum absolute atomic E-state index is 12.6. The third kappa shape index (κ3) is 4.57. The van der Waals surface area contributed by atoms with E-state index in [2.05, 4.69) is 9.97 Å².